The van der Waals surface area contributed by atoms with Crippen LogP contribution in [0.25, 0.3) is 0 Å². The third kappa shape index (κ3) is 2.09. The number of carbonyl (C=O) groups excluding carboxylic acids is 1. The van der Waals surface area contributed by atoms with E-state index in [1.54, 1.807) is 6.26 Å². The fraction of sp³-hybridized carbons (Fsp3) is 0.769. The molecule has 1 unspecified atom stereocenters. The Balaban J connectivity index is 2.10. The van der Waals surface area contributed by atoms with Crippen LogP contribution in [0.3, 0.4) is 0 Å². The van der Waals surface area contributed by atoms with Crippen LogP contribution in [0.1, 0.15) is 46.0 Å². The summed E-state index contributed by atoms with van der Waals surface area (Å²) < 4.78 is 5.25. The second kappa shape index (κ2) is 3.99. The average molecular weight is 208 g/mol. The van der Waals surface area contributed by atoms with E-state index in [0.717, 1.165) is 31.4 Å². The smallest absolute Gasteiger partial charge is 0.165 e. The number of ketones is 1. The number of ether oxygens (including phenoxy) is 1. The van der Waals surface area contributed by atoms with Crippen LogP contribution in [0.15, 0.2) is 11.8 Å². The van der Waals surface area contributed by atoms with Gasteiger partial charge in [-0.15, -0.1) is 0 Å². The largest absolute Gasteiger partial charge is 0.501 e. The van der Waals surface area contributed by atoms with Crippen LogP contribution in [0.2, 0.25) is 0 Å². The molecule has 0 aromatic carbocycles. The van der Waals surface area contributed by atoms with Crippen molar-refractivity contribution in [2.24, 2.45) is 11.3 Å². The molecule has 1 aliphatic carbocycles. The third-order valence-corrected chi connectivity index (χ3v) is 3.82. The van der Waals surface area contributed by atoms with Gasteiger partial charge >= 0.3 is 0 Å². The molecule has 0 N–H and O–H groups in total. The lowest BCUT2D eigenvalue weighted by Gasteiger charge is -2.27. The Bertz CT molecular complexity index is 289. The van der Waals surface area contributed by atoms with Gasteiger partial charge in [0.15, 0.2) is 5.78 Å². The summed E-state index contributed by atoms with van der Waals surface area (Å²) in [5.74, 6) is 0.572. The van der Waals surface area contributed by atoms with E-state index in [1.807, 2.05) is 0 Å². The lowest BCUT2D eigenvalue weighted by molar-refractivity contribution is -0.122. The second-order valence-electron chi connectivity index (χ2n) is 5.42. The minimum Gasteiger partial charge on any atom is -0.501 e. The first kappa shape index (κ1) is 10.7. The number of Topliss-reactive ketones (excluding diaryl/α,β-unsaturated/α-hetero) is 1. The van der Waals surface area contributed by atoms with Gasteiger partial charge in [-0.05, 0) is 31.1 Å². The van der Waals surface area contributed by atoms with Crippen LogP contribution in [-0.4, -0.2) is 12.4 Å². The standard InChI is InChI=1S/C13H20O2/c1-13(2)7-3-6-11(13)12(14)10-5-4-8-15-9-10/h9,11H,3-8H2,1-2H3. The molecular formula is C13H20O2. The van der Waals surface area contributed by atoms with E-state index in [-0.39, 0.29) is 11.3 Å². The summed E-state index contributed by atoms with van der Waals surface area (Å²) in [7, 11) is 0. The first-order valence-corrected chi connectivity index (χ1v) is 5.96. The Morgan fingerprint density at radius 1 is 1.47 bits per heavy atom. The van der Waals surface area contributed by atoms with Crippen molar-refractivity contribution in [3.63, 3.8) is 0 Å². The van der Waals surface area contributed by atoms with Crippen molar-refractivity contribution in [1.82, 2.24) is 0 Å². The molecule has 0 aromatic heterocycles. The Labute approximate surface area is 91.7 Å². The van der Waals surface area contributed by atoms with Crippen molar-refractivity contribution in [2.45, 2.75) is 46.0 Å². The van der Waals surface area contributed by atoms with E-state index in [9.17, 15) is 4.79 Å². The molecule has 0 spiro atoms. The average Bonchev–Trinajstić information content (AvgIpc) is 2.58. The topological polar surface area (TPSA) is 26.3 Å². The fourth-order valence-corrected chi connectivity index (χ4v) is 2.78. The normalized spacial score (nSPS) is 29.5. The fourth-order valence-electron chi connectivity index (χ4n) is 2.78. The van der Waals surface area contributed by atoms with Gasteiger partial charge < -0.3 is 4.74 Å². The Morgan fingerprint density at radius 3 is 2.80 bits per heavy atom. The Hall–Kier alpha value is -0.790. The molecule has 2 nitrogen and oxygen atoms in total. The lowest BCUT2D eigenvalue weighted by atomic mass is 9.77. The van der Waals surface area contributed by atoms with E-state index in [0.29, 0.717) is 5.78 Å². The maximum Gasteiger partial charge on any atom is 0.165 e. The molecule has 1 saturated carbocycles. The van der Waals surface area contributed by atoms with Crippen LogP contribution in [0.4, 0.5) is 0 Å². The summed E-state index contributed by atoms with van der Waals surface area (Å²) in [5, 5.41) is 0. The highest BCUT2D eigenvalue weighted by molar-refractivity contribution is 5.97. The van der Waals surface area contributed by atoms with E-state index < -0.39 is 0 Å². The summed E-state index contributed by atoms with van der Waals surface area (Å²) in [5.41, 5.74) is 1.11. The number of carbonyl (C=O) groups is 1. The van der Waals surface area contributed by atoms with Gasteiger partial charge in [0.1, 0.15) is 0 Å². The van der Waals surface area contributed by atoms with E-state index in [2.05, 4.69) is 13.8 Å². The van der Waals surface area contributed by atoms with Crippen molar-refractivity contribution in [1.29, 1.82) is 0 Å². The van der Waals surface area contributed by atoms with E-state index in [1.165, 1.54) is 12.8 Å². The molecule has 1 atom stereocenters. The summed E-state index contributed by atoms with van der Waals surface area (Å²) in [6.07, 6.45) is 7.02. The van der Waals surface area contributed by atoms with Gasteiger partial charge in [0.2, 0.25) is 0 Å². The molecule has 15 heavy (non-hydrogen) atoms. The predicted octanol–water partition coefficient (Wildman–Crippen LogP) is 3.08. The molecule has 2 heteroatoms. The van der Waals surface area contributed by atoms with Crippen molar-refractivity contribution >= 4 is 5.78 Å². The highest BCUT2D eigenvalue weighted by Crippen LogP contribution is 2.44. The van der Waals surface area contributed by atoms with Gasteiger partial charge in [0.05, 0.1) is 12.9 Å². The molecule has 84 valence electrons. The van der Waals surface area contributed by atoms with Gasteiger partial charge in [-0.25, -0.2) is 0 Å². The number of allylic oxidation sites excluding steroid dienone is 1. The first-order chi connectivity index (χ1) is 7.11. The molecule has 0 amide bonds. The molecule has 0 bridgehead atoms. The van der Waals surface area contributed by atoms with Gasteiger partial charge in [0, 0.05) is 11.5 Å². The predicted molar refractivity (Wildman–Crippen MR) is 59.4 cm³/mol. The van der Waals surface area contributed by atoms with Crippen LogP contribution in [-0.2, 0) is 9.53 Å². The Morgan fingerprint density at radius 2 is 2.27 bits per heavy atom. The molecule has 0 aromatic rings. The maximum absolute atomic E-state index is 12.3. The molecule has 2 aliphatic rings. The van der Waals surface area contributed by atoms with E-state index in [4.69, 9.17) is 4.74 Å². The quantitative estimate of drug-likeness (QED) is 0.697. The minimum absolute atomic E-state index is 0.190. The molecule has 1 heterocycles. The molecular weight excluding hydrogens is 188 g/mol. The van der Waals surface area contributed by atoms with Gasteiger partial charge in [0.25, 0.3) is 0 Å². The summed E-state index contributed by atoms with van der Waals surface area (Å²) in [6, 6.07) is 0. The highest BCUT2D eigenvalue weighted by Gasteiger charge is 2.40. The number of rotatable bonds is 2. The summed E-state index contributed by atoms with van der Waals surface area (Å²) in [4.78, 5) is 12.3. The minimum atomic E-state index is 0.190. The maximum atomic E-state index is 12.3. The van der Waals surface area contributed by atoms with Crippen molar-refractivity contribution < 1.29 is 9.53 Å². The van der Waals surface area contributed by atoms with Crippen molar-refractivity contribution in [3.05, 3.63) is 11.8 Å². The van der Waals surface area contributed by atoms with Crippen LogP contribution < -0.4 is 0 Å². The molecule has 0 saturated heterocycles. The van der Waals surface area contributed by atoms with Crippen LogP contribution in [0.5, 0.6) is 0 Å². The van der Waals surface area contributed by atoms with Gasteiger partial charge in [-0.2, -0.15) is 0 Å². The molecule has 0 radical (unpaired) electrons. The second-order valence-corrected chi connectivity index (χ2v) is 5.42. The molecule has 1 aliphatic heterocycles. The van der Waals surface area contributed by atoms with Crippen molar-refractivity contribution in [2.75, 3.05) is 6.61 Å². The number of hydrogen-bond acceptors (Lipinski definition) is 2. The van der Waals surface area contributed by atoms with Gasteiger partial charge in [-0.3, -0.25) is 4.79 Å². The monoisotopic (exact) mass is 208 g/mol. The SMILES string of the molecule is CC1(C)CCCC1C(=O)C1=COCCC1. The summed E-state index contributed by atoms with van der Waals surface area (Å²) >= 11 is 0. The zero-order chi connectivity index (χ0) is 10.9. The zero-order valence-electron chi connectivity index (χ0n) is 9.71. The highest BCUT2D eigenvalue weighted by atomic mass is 16.5. The molecule has 2 rings (SSSR count). The number of hydrogen-bond donors (Lipinski definition) is 0. The third-order valence-electron chi connectivity index (χ3n) is 3.82. The molecule has 1 fully saturated rings. The summed E-state index contributed by atoms with van der Waals surface area (Å²) in [6.45, 7) is 5.20. The Kier molecular flexibility index (Phi) is 2.85. The lowest BCUT2D eigenvalue weighted by Crippen LogP contribution is -2.27. The van der Waals surface area contributed by atoms with Gasteiger partial charge in [-0.1, -0.05) is 20.3 Å². The zero-order valence-corrected chi connectivity index (χ0v) is 9.71. The first-order valence-electron chi connectivity index (χ1n) is 5.96. The van der Waals surface area contributed by atoms with Crippen molar-refractivity contribution in [3.8, 4) is 0 Å². The van der Waals surface area contributed by atoms with E-state index >= 15 is 0 Å². The van der Waals surface area contributed by atoms with Crippen LogP contribution in [0, 0.1) is 11.3 Å². The van der Waals surface area contributed by atoms with Crippen LogP contribution >= 0.6 is 0 Å².